The third-order valence-corrected chi connectivity index (χ3v) is 2.69. The van der Waals surface area contributed by atoms with Crippen molar-refractivity contribution in [3.63, 3.8) is 0 Å². The summed E-state index contributed by atoms with van der Waals surface area (Å²) in [6.07, 6.45) is 1.73. The molecule has 0 atom stereocenters. The number of aromatic nitrogens is 1. The van der Waals surface area contributed by atoms with E-state index in [4.69, 9.17) is 4.74 Å². The Balaban J connectivity index is 2.63. The summed E-state index contributed by atoms with van der Waals surface area (Å²) in [5.41, 5.74) is 1.06. The molecule has 2 N–H and O–H groups in total. The van der Waals surface area contributed by atoms with E-state index in [1.54, 1.807) is 20.4 Å². The van der Waals surface area contributed by atoms with Crippen LogP contribution in [-0.2, 0) is 16.1 Å². The van der Waals surface area contributed by atoms with Crippen LogP contribution in [0.4, 0.5) is 5.82 Å². The van der Waals surface area contributed by atoms with Crippen LogP contribution in [0, 0.1) is 0 Å². The summed E-state index contributed by atoms with van der Waals surface area (Å²) in [6, 6.07) is 3.90. The molecular formula is C13H22N4O2. The summed E-state index contributed by atoms with van der Waals surface area (Å²) in [7, 11) is 5.16. The molecule has 1 aromatic heterocycles. The van der Waals surface area contributed by atoms with Crippen molar-refractivity contribution in [2.75, 3.05) is 45.8 Å². The summed E-state index contributed by atoms with van der Waals surface area (Å²) >= 11 is 0. The first kappa shape index (κ1) is 15.4. The molecule has 19 heavy (non-hydrogen) atoms. The van der Waals surface area contributed by atoms with Crippen molar-refractivity contribution in [2.45, 2.75) is 6.54 Å². The summed E-state index contributed by atoms with van der Waals surface area (Å²) in [5.74, 6) is 0.780. The highest BCUT2D eigenvalue weighted by Crippen LogP contribution is 2.15. The lowest BCUT2D eigenvalue weighted by Crippen LogP contribution is -2.34. The monoisotopic (exact) mass is 266 g/mol. The summed E-state index contributed by atoms with van der Waals surface area (Å²) < 4.78 is 4.98. The normalized spacial score (nSPS) is 10.3. The van der Waals surface area contributed by atoms with Crippen LogP contribution in [-0.4, -0.2) is 51.8 Å². The second kappa shape index (κ2) is 8.44. The van der Waals surface area contributed by atoms with Gasteiger partial charge in [0.1, 0.15) is 5.82 Å². The maximum atomic E-state index is 11.4. The lowest BCUT2D eigenvalue weighted by atomic mass is 10.2. The van der Waals surface area contributed by atoms with Gasteiger partial charge in [0, 0.05) is 46.1 Å². The van der Waals surface area contributed by atoms with Gasteiger partial charge in [-0.3, -0.25) is 4.79 Å². The molecule has 0 aromatic carbocycles. The average molecular weight is 266 g/mol. The minimum absolute atomic E-state index is 0.0357. The number of rotatable bonds is 8. The first-order valence-corrected chi connectivity index (χ1v) is 6.24. The van der Waals surface area contributed by atoms with E-state index < -0.39 is 0 Å². The van der Waals surface area contributed by atoms with E-state index >= 15 is 0 Å². The van der Waals surface area contributed by atoms with Crippen molar-refractivity contribution in [2.24, 2.45) is 0 Å². The van der Waals surface area contributed by atoms with Gasteiger partial charge in [0.2, 0.25) is 5.91 Å². The lowest BCUT2D eigenvalue weighted by molar-refractivity contribution is -0.119. The minimum Gasteiger partial charge on any atom is -0.383 e. The zero-order chi connectivity index (χ0) is 14.1. The Labute approximate surface area is 114 Å². The van der Waals surface area contributed by atoms with Gasteiger partial charge in [-0.1, -0.05) is 6.07 Å². The Morgan fingerprint density at radius 1 is 1.53 bits per heavy atom. The fourth-order valence-corrected chi connectivity index (χ4v) is 1.68. The van der Waals surface area contributed by atoms with Gasteiger partial charge in [-0.15, -0.1) is 0 Å². The first-order valence-electron chi connectivity index (χ1n) is 6.24. The molecule has 1 rings (SSSR count). The molecule has 106 valence electrons. The van der Waals surface area contributed by atoms with Crippen molar-refractivity contribution in [3.8, 4) is 0 Å². The molecule has 0 radical (unpaired) electrons. The van der Waals surface area contributed by atoms with Crippen LogP contribution in [0.3, 0.4) is 0 Å². The summed E-state index contributed by atoms with van der Waals surface area (Å²) in [6.45, 7) is 2.44. The molecular weight excluding hydrogens is 244 g/mol. The Bertz CT molecular complexity index is 398. The summed E-state index contributed by atoms with van der Waals surface area (Å²) in [4.78, 5) is 17.6. The minimum atomic E-state index is -0.0357. The van der Waals surface area contributed by atoms with Gasteiger partial charge in [0.15, 0.2) is 0 Å². The van der Waals surface area contributed by atoms with Crippen LogP contribution in [0.2, 0.25) is 0 Å². The first-order chi connectivity index (χ1) is 9.19. The van der Waals surface area contributed by atoms with Crippen molar-refractivity contribution in [1.29, 1.82) is 0 Å². The van der Waals surface area contributed by atoms with Crippen LogP contribution in [0.25, 0.3) is 0 Å². The molecule has 0 saturated heterocycles. The molecule has 0 bridgehead atoms. The molecule has 0 aliphatic rings. The maximum absolute atomic E-state index is 11.4. The van der Waals surface area contributed by atoms with Gasteiger partial charge in [-0.25, -0.2) is 4.98 Å². The van der Waals surface area contributed by atoms with Crippen molar-refractivity contribution < 1.29 is 9.53 Å². The number of amides is 1. The van der Waals surface area contributed by atoms with Crippen molar-refractivity contribution in [1.82, 2.24) is 15.6 Å². The van der Waals surface area contributed by atoms with E-state index in [2.05, 4.69) is 15.6 Å². The standard InChI is InChI=1S/C13H22N4O2/c1-14-12(18)10-17(2)13-11(5-4-6-16-13)9-15-7-8-19-3/h4-6,15H,7-10H2,1-3H3,(H,14,18). The number of hydrogen-bond acceptors (Lipinski definition) is 5. The largest absolute Gasteiger partial charge is 0.383 e. The predicted molar refractivity (Wildman–Crippen MR) is 75.2 cm³/mol. The number of nitrogens with zero attached hydrogens (tertiary/aromatic N) is 2. The van der Waals surface area contributed by atoms with E-state index in [1.807, 2.05) is 24.1 Å². The average Bonchev–Trinajstić information content (AvgIpc) is 2.43. The molecule has 0 saturated carbocycles. The van der Waals surface area contributed by atoms with E-state index in [9.17, 15) is 4.79 Å². The quantitative estimate of drug-likeness (QED) is 0.648. The highest BCUT2D eigenvalue weighted by atomic mass is 16.5. The van der Waals surface area contributed by atoms with E-state index in [0.717, 1.165) is 17.9 Å². The predicted octanol–water partition coefficient (Wildman–Crippen LogP) is -0.000200. The molecule has 1 amide bonds. The van der Waals surface area contributed by atoms with E-state index in [0.29, 0.717) is 19.7 Å². The van der Waals surface area contributed by atoms with Gasteiger partial charge in [0.05, 0.1) is 13.2 Å². The Morgan fingerprint density at radius 2 is 2.32 bits per heavy atom. The number of hydrogen-bond donors (Lipinski definition) is 2. The molecule has 0 unspecified atom stereocenters. The van der Waals surface area contributed by atoms with Crippen LogP contribution in [0.5, 0.6) is 0 Å². The zero-order valence-corrected chi connectivity index (χ0v) is 11.8. The maximum Gasteiger partial charge on any atom is 0.239 e. The number of methoxy groups -OCH3 is 1. The second-order valence-corrected chi connectivity index (χ2v) is 4.18. The summed E-state index contributed by atoms with van der Waals surface area (Å²) in [5, 5.41) is 5.88. The molecule has 0 aliphatic carbocycles. The van der Waals surface area contributed by atoms with Gasteiger partial charge in [0.25, 0.3) is 0 Å². The number of carbonyl (C=O) groups is 1. The van der Waals surface area contributed by atoms with Crippen molar-refractivity contribution >= 4 is 11.7 Å². The number of likely N-dealkylation sites (N-methyl/N-ethyl adjacent to an activating group) is 2. The number of pyridine rings is 1. The lowest BCUT2D eigenvalue weighted by Gasteiger charge is -2.20. The van der Waals surface area contributed by atoms with Crippen LogP contribution in [0.1, 0.15) is 5.56 Å². The number of nitrogens with one attached hydrogen (secondary N) is 2. The molecule has 0 fully saturated rings. The number of carbonyl (C=O) groups excluding carboxylic acids is 1. The van der Waals surface area contributed by atoms with E-state index in [1.165, 1.54) is 0 Å². The molecule has 6 heteroatoms. The number of anilines is 1. The molecule has 0 spiro atoms. The SMILES string of the molecule is CNC(=O)CN(C)c1ncccc1CNCCOC. The molecule has 6 nitrogen and oxygen atoms in total. The van der Waals surface area contributed by atoms with Gasteiger partial charge >= 0.3 is 0 Å². The van der Waals surface area contributed by atoms with Crippen LogP contribution < -0.4 is 15.5 Å². The highest BCUT2D eigenvalue weighted by molar-refractivity contribution is 5.80. The fourth-order valence-electron chi connectivity index (χ4n) is 1.68. The Kier molecular flexibility index (Phi) is 6.84. The Morgan fingerprint density at radius 3 is 3.00 bits per heavy atom. The topological polar surface area (TPSA) is 66.5 Å². The van der Waals surface area contributed by atoms with Gasteiger partial charge in [-0.2, -0.15) is 0 Å². The van der Waals surface area contributed by atoms with Crippen LogP contribution in [0.15, 0.2) is 18.3 Å². The molecule has 1 heterocycles. The zero-order valence-electron chi connectivity index (χ0n) is 11.8. The van der Waals surface area contributed by atoms with Crippen LogP contribution >= 0.6 is 0 Å². The third kappa shape index (κ3) is 5.23. The number of ether oxygens (including phenoxy) is 1. The molecule has 0 aliphatic heterocycles. The highest BCUT2D eigenvalue weighted by Gasteiger charge is 2.11. The smallest absolute Gasteiger partial charge is 0.239 e. The third-order valence-electron chi connectivity index (χ3n) is 2.69. The molecule has 1 aromatic rings. The Hall–Kier alpha value is -1.66. The van der Waals surface area contributed by atoms with Gasteiger partial charge < -0.3 is 20.3 Å². The fraction of sp³-hybridized carbons (Fsp3) is 0.538. The second-order valence-electron chi connectivity index (χ2n) is 4.18. The van der Waals surface area contributed by atoms with Gasteiger partial charge in [-0.05, 0) is 6.07 Å². The van der Waals surface area contributed by atoms with E-state index in [-0.39, 0.29) is 5.91 Å². The van der Waals surface area contributed by atoms with Crippen molar-refractivity contribution in [3.05, 3.63) is 23.9 Å².